The zero-order valence-electron chi connectivity index (χ0n) is 12.9. The molecular formula is C16H33NO. The molecule has 1 N–H and O–H groups in total. The molecule has 1 saturated carbocycles. The van der Waals surface area contributed by atoms with Crippen molar-refractivity contribution >= 4 is 0 Å². The van der Waals surface area contributed by atoms with E-state index in [0.717, 1.165) is 30.9 Å². The maximum Gasteiger partial charge on any atom is 0.0465 e. The fourth-order valence-corrected chi connectivity index (χ4v) is 3.27. The van der Waals surface area contributed by atoms with Gasteiger partial charge in [-0.1, -0.05) is 33.6 Å². The molecule has 2 heteroatoms. The summed E-state index contributed by atoms with van der Waals surface area (Å²) < 4.78 is 5.24. The molecule has 1 fully saturated rings. The first-order valence-electron chi connectivity index (χ1n) is 7.91. The Labute approximate surface area is 114 Å². The van der Waals surface area contributed by atoms with Gasteiger partial charge in [-0.05, 0) is 50.0 Å². The van der Waals surface area contributed by atoms with Crippen molar-refractivity contribution in [2.45, 2.75) is 65.3 Å². The minimum atomic E-state index is 0.701. The maximum atomic E-state index is 5.24. The molecule has 2 atom stereocenters. The van der Waals surface area contributed by atoms with Gasteiger partial charge in [0.05, 0.1) is 0 Å². The van der Waals surface area contributed by atoms with Crippen molar-refractivity contribution in [2.75, 3.05) is 20.3 Å². The highest BCUT2D eigenvalue weighted by molar-refractivity contribution is 4.84. The molecule has 0 bridgehead atoms. The molecule has 18 heavy (non-hydrogen) atoms. The Bertz CT molecular complexity index is 199. The van der Waals surface area contributed by atoms with Crippen LogP contribution in [-0.2, 0) is 4.74 Å². The lowest BCUT2D eigenvalue weighted by atomic mass is 9.75. The van der Waals surface area contributed by atoms with Crippen LogP contribution in [0.3, 0.4) is 0 Å². The fraction of sp³-hybridized carbons (Fsp3) is 1.00. The van der Waals surface area contributed by atoms with Crippen LogP contribution < -0.4 is 5.32 Å². The number of methoxy groups -OCH3 is 1. The molecule has 0 aromatic rings. The summed E-state index contributed by atoms with van der Waals surface area (Å²) in [6.45, 7) is 9.11. The van der Waals surface area contributed by atoms with E-state index >= 15 is 0 Å². The van der Waals surface area contributed by atoms with Crippen LogP contribution in [0.5, 0.6) is 0 Å². The zero-order chi connectivity index (χ0) is 13.4. The van der Waals surface area contributed by atoms with E-state index in [-0.39, 0.29) is 0 Å². The summed E-state index contributed by atoms with van der Waals surface area (Å²) in [6, 6.07) is 0.701. The Morgan fingerprint density at radius 3 is 2.44 bits per heavy atom. The maximum absolute atomic E-state index is 5.24. The van der Waals surface area contributed by atoms with E-state index in [1.165, 1.54) is 38.5 Å². The Balaban J connectivity index is 2.47. The SMILES string of the molecule is CCCNC(C(C)CCOC)C1CCC(C)CC1. The minimum Gasteiger partial charge on any atom is -0.385 e. The highest BCUT2D eigenvalue weighted by Gasteiger charge is 2.29. The standard InChI is InChI=1S/C16H33NO/c1-5-11-17-16(14(3)10-12-18-4)15-8-6-13(2)7-9-15/h13-17H,5-12H2,1-4H3. The molecule has 1 rings (SSSR count). The summed E-state index contributed by atoms with van der Waals surface area (Å²) in [5.41, 5.74) is 0. The molecule has 2 unspecified atom stereocenters. The topological polar surface area (TPSA) is 21.3 Å². The molecular weight excluding hydrogens is 222 g/mol. The molecule has 0 radical (unpaired) electrons. The highest BCUT2D eigenvalue weighted by atomic mass is 16.5. The molecule has 0 heterocycles. The van der Waals surface area contributed by atoms with Gasteiger partial charge in [0, 0.05) is 19.8 Å². The van der Waals surface area contributed by atoms with Crippen molar-refractivity contribution in [3.05, 3.63) is 0 Å². The van der Waals surface area contributed by atoms with Gasteiger partial charge in [-0.15, -0.1) is 0 Å². The second kappa shape index (κ2) is 8.92. The lowest BCUT2D eigenvalue weighted by Gasteiger charge is -2.37. The predicted octanol–water partition coefficient (Wildman–Crippen LogP) is 3.85. The van der Waals surface area contributed by atoms with Gasteiger partial charge >= 0.3 is 0 Å². The van der Waals surface area contributed by atoms with E-state index in [1.807, 2.05) is 7.11 Å². The minimum absolute atomic E-state index is 0.701. The number of rotatable bonds is 8. The lowest BCUT2D eigenvalue weighted by molar-refractivity contribution is 0.140. The van der Waals surface area contributed by atoms with E-state index < -0.39 is 0 Å². The van der Waals surface area contributed by atoms with Crippen LogP contribution in [-0.4, -0.2) is 26.3 Å². The van der Waals surface area contributed by atoms with Gasteiger partial charge in [0.2, 0.25) is 0 Å². The van der Waals surface area contributed by atoms with Crippen LogP contribution in [0.25, 0.3) is 0 Å². The second-order valence-electron chi connectivity index (χ2n) is 6.26. The average Bonchev–Trinajstić information content (AvgIpc) is 2.38. The van der Waals surface area contributed by atoms with Gasteiger partial charge in [0.1, 0.15) is 0 Å². The molecule has 0 aromatic heterocycles. The molecule has 0 aromatic carbocycles. The van der Waals surface area contributed by atoms with Gasteiger partial charge in [-0.25, -0.2) is 0 Å². The van der Waals surface area contributed by atoms with Crippen molar-refractivity contribution < 1.29 is 4.74 Å². The molecule has 0 spiro atoms. The Kier molecular flexibility index (Phi) is 7.92. The van der Waals surface area contributed by atoms with Gasteiger partial charge in [-0.3, -0.25) is 0 Å². The van der Waals surface area contributed by atoms with Gasteiger partial charge < -0.3 is 10.1 Å². The first-order chi connectivity index (χ1) is 8.69. The summed E-state index contributed by atoms with van der Waals surface area (Å²) in [4.78, 5) is 0. The molecule has 2 nitrogen and oxygen atoms in total. The summed E-state index contributed by atoms with van der Waals surface area (Å²) in [5.74, 6) is 2.57. The highest BCUT2D eigenvalue weighted by Crippen LogP contribution is 2.33. The van der Waals surface area contributed by atoms with E-state index in [0.29, 0.717) is 6.04 Å². The molecule has 108 valence electrons. The summed E-state index contributed by atoms with van der Waals surface area (Å²) in [5, 5.41) is 3.81. The summed E-state index contributed by atoms with van der Waals surface area (Å²) >= 11 is 0. The van der Waals surface area contributed by atoms with Crippen molar-refractivity contribution in [3.63, 3.8) is 0 Å². The predicted molar refractivity (Wildman–Crippen MR) is 78.9 cm³/mol. The van der Waals surface area contributed by atoms with Gasteiger partial charge in [0.15, 0.2) is 0 Å². The molecule has 1 aliphatic rings. The monoisotopic (exact) mass is 255 g/mol. The molecule has 0 aliphatic heterocycles. The van der Waals surface area contributed by atoms with E-state index in [9.17, 15) is 0 Å². The number of nitrogens with one attached hydrogen (secondary N) is 1. The average molecular weight is 255 g/mol. The Morgan fingerprint density at radius 2 is 1.89 bits per heavy atom. The van der Waals surface area contributed by atoms with Crippen LogP contribution in [0.4, 0.5) is 0 Å². The van der Waals surface area contributed by atoms with Gasteiger partial charge in [0.25, 0.3) is 0 Å². The van der Waals surface area contributed by atoms with E-state index in [2.05, 4.69) is 26.1 Å². The van der Waals surface area contributed by atoms with Crippen LogP contribution in [0, 0.1) is 17.8 Å². The number of hydrogen-bond donors (Lipinski definition) is 1. The van der Waals surface area contributed by atoms with E-state index in [1.54, 1.807) is 0 Å². The molecule has 0 amide bonds. The third kappa shape index (κ3) is 5.27. The van der Waals surface area contributed by atoms with Crippen LogP contribution in [0.1, 0.15) is 59.3 Å². The normalized spacial score (nSPS) is 28.0. The number of hydrogen-bond acceptors (Lipinski definition) is 2. The Hall–Kier alpha value is -0.0800. The number of ether oxygens (including phenoxy) is 1. The van der Waals surface area contributed by atoms with Crippen LogP contribution in [0.2, 0.25) is 0 Å². The molecule has 0 saturated heterocycles. The largest absolute Gasteiger partial charge is 0.385 e. The van der Waals surface area contributed by atoms with Crippen LogP contribution in [0.15, 0.2) is 0 Å². The van der Waals surface area contributed by atoms with Crippen LogP contribution >= 0.6 is 0 Å². The zero-order valence-corrected chi connectivity index (χ0v) is 12.9. The third-order valence-electron chi connectivity index (χ3n) is 4.59. The smallest absolute Gasteiger partial charge is 0.0465 e. The van der Waals surface area contributed by atoms with Crippen molar-refractivity contribution in [3.8, 4) is 0 Å². The Morgan fingerprint density at radius 1 is 1.22 bits per heavy atom. The van der Waals surface area contributed by atoms with Crippen molar-refractivity contribution in [1.29, 1.82) is 0 Å². The quantitative estimate of drug-likeness (QED) is 0.711. The van der Waals surface area contributed by atoms with Crippen molar-refractivity contribution in [1.82, 2.24) is 5.32 Å². The lowest BCUT2D eigenvalue weighted by Crippen LogP contribution is -2.43. The molecule has 1 aliphatic carbocycles. The summed E-state index contributed by atoms with van der Waals surface area (Å²) in [6.07, 6.45) is 8.10. The second-order valence-corrected chi connectivity index (χ2v) is 6.26. The van der Waals surface area contributed by atoms with E-state index in [4.69, 9.17) is 4.74 Å². The summed E-state index contributed by atoms with van der Waals surface area (Å²) in [7, 11) is 1.81. The third-order valence-corrected chi connectivity index (χ3v) is 4.59. The van der Waals surface area contributed by atoms with Gasteiger partial charge in [-0.2, -0.15) is 0 Å². The van der Waals surface area contributed by atoms with Crippen molar-refractivity contribution in [2.24, 2.45) is 17.8 Å². The first kappa shape index (κ1) is 16.0. The first-order valence-corrected chi connectivity index (χ1v) is 7.91. The fourth-order valence-electron chi connectivity index (χ4n) is 3.27.